The van der Waals surface area contributed by atoms with Crippen LogP contribution >= 0.6 is 15.9 Å². The van der Waals surface area contributed by atoms with Crippen molar-refractivity contribution in [1.82, 2.24) is 5.32 Å². The summed E-state index contributed by atoms with van der Waals surface area (Å²) < 4.78 is 11.2. The highest BCUT2D eigenvalue weighted by Crippen LogP contribution is 2.35. The van der Waals surface area contributed by atoms with Crippen LogP contribution in [0.4, 0.5) is 0 Å². The topological polar surface area (TPSA) is 47.6 Å². The van der Waals surface area contributed by atoms with E-state index < -0.39 is 0 Å². The van der Waals surface area contributed by atoms with Crippen molar-refractivity contribution in [3.8, 4) is 11.5 Å². The summed E-state index contributed by atoms with van der Waals surface area (Å²) in [5.41, 5.74) is 1.53. The molecule has 2 aromatic carbocycles. The Kier molecular flexibility index (Phi) is 5.22. The van der Waals surface area contributed by atoms with E-state index in [-0.39, 0.29) is 5.91 Å². The molecule has 0 heterocycles. The SMILES string of the molecule is COc1cc(C(=O)NCc2ccccc2)cc(OC)c1Br. The molecule has 0 saturated carbocycles. The molecule has 4 nitrogen and oxygen atoms in total. The first-order valence-corrected chi connectivity index (χ1v) is 7.18. The fraction of sp³-hybridized carbons (Fsp3) is 0.188. The molecule has 0 atom stereocenters. The molecule has 0 aliphatic carbocycles. The largest absolute Gasteiger partial charge is 0.495 e. The molecule has 0 unspecified atom stereocenters. The number of halogens is 1. The van der Waals surface area contributed by atoms with E-state index in [1.165, 1.54) is 0 Å². The number of hydrogen-bond acceptors (Lipinski definition) is 3. The number of carbonyl (C=O) groups is 1. The minimum Gasteiger partial charge on any atom is -0.495 e. The van der Waals surface area contributed by atoms with Crippen LogP contribution in [0.2, 0.25) is 0 Å². The van der Waals surface area contributed by atoms with Crippen LogP contribution in [0.3, 0.4) is 0 Å². The Hall–Kier alpha value is -2.01. The van der Waals surface area contributed by atoms with E-state index in [0.29, 0.717) is 28.1 Å². The average molecular weight is 350 g/mol. The lowest BCUT2D eigenvalue weighted by Crippen LogP contribution is -2.22. The molecular formula is C16H16BrNO3. The zero-order chi connectivity index (χ0) is 15.2. The Morgan fingerprint density at radius 1 is 1.10 bits per heavy atom. The van der Waals surface area contributed by atoms with E-state index >= 15 is 0 Å². The minimum atomic E-state index is -0.178. The number of benzene rings is 2. The molecule has 0 fully saturated rings. The third-order valence-electron chi connectivity index (χ3n) is 3.00. The maximum Gasteiger partial charge on any atom is 0.251 e. The summed E-state index contributed by atoms with van der Waals surface area (Å²) in [4.78, 5) is 12.2. The summed E-state index contributed by atoms with van der Waals surface area (Å²) >= 11 is 3.38. The molecule has 1 N–H and O–H groups in total. The fourth-order valence-corrected chi connectivity index (χ4v) is 2.43. The van der Waals surface area contributed by atoms with Gasteiger partial charge in [-0.05, 0) is 33.6 Å². The van der Waals surface area contributed by atoms with Gasteiger partial charge in [0.2, 0.25) is 0 Å². The minimum absolute atomic E-state index is 0.178. The number of ether oxygens (including phenoxy) is 2. The lowest BCUT2D eigenvalue weighted by atomic mass is 10.1. The van der Waals surface area contributed by atoms with Gasteiger partial charge >= 0.3 is 0 Å². The van der Waals surface area contributed by atoms with Crippen LogP contribution in [-0.2, 0) is 6.54 Å². The zero-order valence-corrected chi connectivity index (χ0v) is 13.4. The van der Waals surface area contributed by atoms with Crippen molar-refractivity contribution in [1.29, 1.82) is 0 Å². The molecule has 0 aliphatic rings. The molecule has 5 heteroatoms. The van der Waals surface area contributed by atoms with Gasteiger partial charge in [-0.25, -0.2) is 0 Å². The quantitative estimate of drug-likeness (QED) is 0.899. The van der Waals surface area contributed by atoms with Crippen molar-refractivity contribution in [3.05, 3.63) is 58.1 Å². The Balaban J connectivity index is 2.15. The van der Waals surface area contributed by atoms with Gasteiger partial charge in [0.25, 0.3) is 5.91 Å². The van der Waals surface area contributed by atoms with Crippen molar-refractivity contribution in [2.75, 3.05) is 14.2 Å². The van der Waals surface area contributed by atoms with E-state index in [9.17, 15) is 4.79 Å². The first-order chi connectivity index (χ1) is 10.2. The number of rotatable bonds is 5. The molecule has 0 spiro atoms. The second-order valence-electron chi connectivity index (χ2n) is 4.36. The Morgan fingerprint density at radius 3 is 2.19 bits per heavy atom. The number of nitrogens with one attached hydrogen (secondary N) is 1. The van der Waals surface area contributed by atoms with Crippen molar-refractivity contribution in [2.24, 2.45) is 0 Å². The lowest BCUT2D eigenvalue weighted by molar-refractivity contribution is 0.0950. The maximum atomic E-state index is 12.2. The predicted molar refractivity (Wildman–Crippen MR) is 84.9 cm³/mol. The first-order valence-electron chi connectivity index (χ1n) is 6.39. The standard InChI is InChI=1S/C16H16BrNO3/c1-20-13-8-12(9-14(21-2)15(13)17)16(19)18-10-11-6-4-3-5-7-11/h3-9H,10H2,1-2H3,(H,18,19). The normalized spacial score (nSPS) is 10.0. The molecular weight excluding hydrogens is 334 g/mol. The van der Waals surface area contributed by atoms with Gasteiger partial charge in [0, 0.05) is 12.1 Å². The van der Waals surface area contributed by atoms with Crippen molar-refractivity contribution in [2.45, 2.75) is 6.54 Å². The third-order valence-corrected chi connectivity index (χ3v) is 3.79. The van der Waals surface area contributed by atoms with E-state index in [2.05, 4.69) is 21.2 Å². The van der Waals surface area contributed by atoms with Crippen molar-refractivity contribution in [3.63, 3.8) is 0 Å². The van der Waals surface area contributed by atoms with Gasteiger partial charge in [0.1, 0.15) is 16.0 Å². The highest BCUT2D eigenvalue weighted by atomic mass is 79.9. The summed E-state index contributed by atoms with van der Waals surface area (Å²) in [5, 5.41) is 2.87. The molecule has 0 aliphatic heterocycles. The maximum absolute atomic E-state index is 12.2. The Morgan fingerprint density at radius 2 is 1.67 bits per heavy atom. The van der Waals surface area contributed by atoms with Gasteiger partial charge in [-0.3, -0.25) is 4.79 Å². The molecule has 2 rings (SSSR count). The van der Waals surface area contributed by atoms with Crippen LogP contribution in [-0.4, -0.2) is 20.1 Å². The number of amides is 1. The van der Waals surface area contributed by atoms with Gasteiger partial charge < -0.3 is 14.8 Å². The summed E-state index contributed by atoms with van der Waals surface area (Å²) in [7, 11) is 3.09. The van der Waals surface area contributed by atoms with Crippen LogP contribution in [0, 0.1) is 0 Å². The lowest BCUT2D eigenvalue weighted by Gasteiger charge is -2.11. The fourth-order valence-electron chi connectivity index (χ4n) is 1.88. The summed E-state index contributed by atoms with van der Waals surface area (Å²) in [6, 6.07) is 13.1. The molecule has 2 aromatic rings. The number of carbonyl (C=O) groups excluding carboxylic acids is 1. The van der Waals surface area contributed by atoms with E-state index in [1.54, 1.807) is 26.4 Å². The van der Waals surface area contributed by atoms with E-state index in [1.807, 2.05) is 30.3 Å². The highest BCUT2D eigenvalue weighted by Gasteiger charge is 2.14. The zero-order valence-electron chi connectivity index (χ0n) is 11.9. The van der Waals surface area contributed by atoms with Gasteiger partial charge in [-0.2, -0.15) is 0 Å². The van der Waals surface area contributed by atoms with Crippen molar-refractivity contribution < 1.29 is 14.3 Å². The van der Waals surface area contributed by atoms with Gasteiger partial charge in [0.05, 0.1) is 14.2 Å². The van der Waals surface area contributed by atoms with Crippen molar-refractivity contribution >= 4 is 21.8 Å². The molecule has 0 bridgehead atoms. The second kappa shape index (κ2) is 7.13. The molecule has 0 radical (unpaired) electrons. The van der Waals surface area contributed by atoms with E-state index in [4.69, 9.17) is 9.47 Å². The number of methoxy groups -OCH3 is 2. The van der Waals surface area contributed by atoms with Crippen LogP contribution in [0.15, 0.2) is 46.9 Å². The monoisotopic (exact) mass is 349 g/mol. The van der Waals surface area contributed by atoms with Crippen LogP contribution in [0.5, 0.6) is 11.5 Å². The van der Waals surface area contributed by atoms with Crippen LogP contribution in [0.25, 0.3) is 0 Å². The van der Waals surface area contributed by atoms with Crippen LogP contribution < -0.4 is 14.8 Å². The summed E-state index contributed by atoms with van der Waals surface area (Å²) in [6.07, 6.45) is 0. The molecule has 110 valence electrons. The Labute approximate surface area is 132 Å². The molecule has 21 heavy (non-hydrogen) atoms. The second-order valence-corrected chi connectivity index (χ2v) is 5.16. The van der Waals surface area contributed by atoms with Gasteiger partial charge in [-0.1, -0.05) is 30.3 Å². The van der Waals surface area contributed by atoms with Gasteiger partial charge in [-0.15, -0.1) is 0 Å². The van der Waals surface area contributed by atoms with E-state index in [0.717, 1.165) is 5.56 Å². The molecule has 0 aromatic heterocycles. The predicted octanol–water partition coefficient (Wildman–Crippen LogP) is 3.40. The number of hydrogen-bond donors (Lipinski definition) is 1. The van der Waals surface area contributed by atoms with Crippen LogP contribution in [0.1, 0.15) is 15.9 Å². The van der Waals surface area contributed by atoms with Gasteiger partial charge in [0.15, 0.2) is 0 Å². The smallest absolute Gasteiger partial charge is 0.251 e. The third kappa shape index (κ3) is 3.76. The summed E-state index contributed by atoms with van der Waals surface area (Å²) in [5.74, 6) is 0.932. The molecule has 0 saturated heterocycles. The average Bonchev–Trinajstić information content (AvgIpc) is 2.53. The summed E-state index contributed by atoms with van der Waals surface area (Å²) in [6.45, 7) is 0.473. The first kappa shape index (κ1) is 15.4. The Bertz CT molecular complexity index is 604. The highest BCUT2D eigenvalue weighted by molar-refractivity contribution is 9.10. The molecule has 1 amide bonds.